The molecule has 2 heterocycles. The molecule has 18 heavy (non-hydrogen) atoms. The van der Waals surface area contributed by atoms with Crippen LogP contribution in [0.5, 0.6) is 0 Å². The molecular weight excluding hydrogens is 258 g/mol. The summed E-state index contributed by atoms with van der Waals surface area (Å²) >= 11 is 5.83. The summed E-state index contributed by atoms with van der Waals surface area (Å²) in [6.07, 6.45) is 1.98. The Balaban J connectivity index is 2.29. The number of nitrogens with zero attached hydrogens (tertiary/aromatic N) is 3. The molecule has 1 aliphatic rings. The van der Waals surface area contributed by atoms with E-state index in [9.17, 15) is 14.9 Å². The van der Waals surface area contributed by atoms with E-state index in [0.717, 1.165) is 12.6 Å². The molecule has 2 rings (SSSR count). The van der Waals surface area contributed by atoms with Crippen molar-refractivity contribution in [1.29, 1.82) is 0 Å². The first-order chi connectivity index (χ1) is 8.49. The maximum absolute atomic E-state index is 12.2. The fourth-order valence-corrected chi connectivity index (χ4v) is 2.16. The van der Waals surface area contributed by atoms with Crippen LogP contribution in [-0.2, 0) is 0 Å². The van der Waals surface area contributed by atoms with Gasteiger partial charge in [0.1, 0.15) is 11.3 Å². The number of aromatic nitrogens is 1. The Morgan fingerprint density at radius 3 is 2.94 bits per heavy atom. The first kappa shape index (κ1) is 12.8. The third kappa shape index (κ3) is 2.43. The molecule has 0 saturated carbocycles. The predicted molar refractivity (Wildman–Crippen MR) is 65.6 cm³/mol. The van der Waals surface area contributed by atoms with Crippen molar-refractivity contribution in [2.45, 2.75) is 13.3 Å². The van der Waals surface area contributed by atoms with Gasteiger partial charge in [0.25, 0.3) is 11.6 Å². The molecule has 0 radical (unpaired) electrons. The van der Waals surface area contributed by atoms with E-state index < -0.39 is 4.92 Å². The van der Waals surface area contributed by atoms with Gasteiger partial charge in [-0.05, 0) is 12.3 Å². The highest BCUT2D eigenvalue weighted by Crippen LogP contribution is 2.23. The molecule has 1 aromatic rings. The summed E-state index contributed by atoms with van der Waals surface area (Å²) in [6, 6.07) is 1.18. The molecule has 1 unspecified atom stereocenters. The van der Waals surface area contributed by atoms with E-state index >= 15 is 0 Å². The first-order valence-electron chi connectivity index (χ1n) is 5.58. The standard InChI is InChI=1S/C11H12ClN3O3/c1-7-2-3-14(6-7)11(16)9-4-8(15(17)18)5-13-10(9)12/h4-5,7H,2-3,6H2,1H3. The van der Waals surface area contributed by atoms with E-state index in [-0.39, 0.29) is 22.3 Å². The first-order valence-corrected chi connectivity index (χ1v) is 5.96. The van der Waals surface area contributed by atoms with Crippen LogP contribution in [0.3, 0.4) is 0 Å². The van der Waals surface area contributed by atoms with Crippen molar-refractivity contribution in [3.05, 3.63) is 33.1 Å². The van der Waals surface area contributed by atoms with E-state index in [1.54, 1.807) is 4.90 Å². The number of hydrogen-bond donors (Lipinski definition) is 0. The summed E-state index contributed by atoms with van der Waals surface area (Å²) < 4.78 is 0. The van der Waals surface area contributed by atoms with Gasteiger partial charge in [0.05, 0.1) is 10.5 Å². The largest absolute Gasteiger partial charge is 0.338 e. The van der Waals surface area contributed by atoms with Crippen LogP contribution >= 0.6 is 11.6 Å². The maximum atomic E-state index is 12.2. The number of nitro groups is 1. The summed E-state index contributed by atoms with van der Waals surface area (Å²) in [7, 11) is 0. The molecule has 1 amide bonds. The summed E-state index contributed by atoms with van der Waals surface area (Å²) in [5, 5.41) is 10.7. The number of carbonyl (C=O) groups excluding carboxylic acids is 1. The fraction of sp³-hybridized carbons (Fsp3) is 0.455. The Morgan fingerprint density at radius 2 is 2.39 bits per heavy atom. The zero-order valence-corrected chi connectivity index (χ0v) is 10.6. The normalized spacial score (nSPS) is 19.0. The van der Waals surface area contributed by atoms with Gasteiger partial charge < -0.3 is 4.90 Å². The minimum absolute atomic E-state index is 0.00477. The van der Waals surface area contributed by atoms with E-state index in [0.29, 0.717) is 19.0 Å². The molecule has 1 aromatic heterocycles. The lowest BCUT2D eigenvalue weighted by molar-refractivity contribution is -0.385. The van der Waals surface area contributed by atoms with Crippen molar-refractivity contribution in [2.75, 3.05) is 13.1 Å². The molecule has 0 aliphatic carbocycles. The second-order valence-electron chi connectivity index (χ2n) is 4.43. The van der Waals surface area contributed by atoms with Crippen LogP contribution in [0.15, 0.2) is 12.3 Å². The van der Waals surface area contributed by atoms with Gasteiger partial charge in [-0.15, -0.1) is 0 Å². The van der Waals surface area contributed by atoms with Crippen LogP contribution in [0.4, 0.5) is 5.69 Å². The van der Waals surface area contributed by atoms with Crippen LogP contribution in [-0.4, -0.2) is 33.8 Å². The Kier molecular flexibility index (Phi) is 3.47. The second kappa shape index (κ2) is 4.89. The number of likely N-dealkylation sites (tertiary alicyclic amines) is 1. The summed E-state index contributed by atoms with van der Waals surface area (Å²) in [4.78, 5) is 27.6. The summed E-state index contributed by atoms with van der Waals surface area (Å²) in [6.45, 7) is 3.36. The maximum Gasteiger partial charge on any atom is 0.288 e. The van der Waals surface area contributed by atoms with E-state index in [1.807, 2.05) is 0 Å². The van der Waals surface area contributed by atoms with Crippen LogP contribution < -0.4 is 0 Å². The second-order valence-corrected chi connectivity index (χ2v) is 4.79. The van der Waals surface area contributed by atoms with Gasteiger partial charge in [-0.2, -0.15) is 0 Å². The number of hydrogen-bond acceptors (Lipinski definition) is 4. The van der Waals surface area contributed by atoms with Gasteiger partial charge in [-0.25, -0.2) is 4.98 Å². The van der Waals surface area contributed by atoms with Crippen molar-refractivity contribution in [2.24, 2.45) is 5.92 Å². The lowest BCUT2D eigenvalue weighted by Crippen LogP contribution is -2.28. The van der Waals surface area contributed by atoms with E-state index in [4.69, 9.17) is 11.6 Å². The average molecular weight is 270 g/mol. The Morgan fingerprint density at radius 1 is 1.67 bits per heavy atom. The number of rotatable bonds is 2. The SMILES string of the molecule is CC1CCN(C(=O)c2cc([N+](=O)[O-])cnc2Cl)C1. The Labute approximate surface area is 109 Å². The van der Waals surface area contributed by atoms with Gasteiger partial charge in [0.2, 0.25) is 0 Å². The van der Waals surface area contributed by atoms with Gasteiger partial charge in [-0.1, -0.05) is 18.5 Å². The minimum Gasteiger partial charge on any atom is -0.338 e. The molecule has 96 valence electrons. The number of carbonyl (C=O) groups is 1. The van der Waals surface area contributed by atoms with Crippen molar-refractivity contribution in [3.8, 4) is 0 Å². The quantitative estimate of drug-likeness (QED) is 0.468. The third-order valence-electron chi connectivity index (χ3n) is 2.98. The summed E-state index contributed by atoms with van der Waals surface area (Å²) in [5.74, 6) is 0.153. The molecule has 7 heteroatoms. The zero-order chi connectivity index (χ0) is 13.3. The number of halogens is 1. The molecule has 0 N–H and O–H groups in total. The van der Waals surface area contributed by atoms with Gasteiger partial charge in [0, 0.05) is 19.2 Å². The third-order valence-corrected chi connectivity index (χ3v) is 3.28. The van der Waals surface area contributed by atoms with E-state index in [1.165, 1.54) is 6.07 Å². The molecule has 1 atom stereocenters. The predicted octanol–water partition coefficient (Wildman–Crippen LogP) is 2.13. The lowest BCUT2D eigenvalue weighted by Gasteiger charge is -2.16. The van der Waals surface area contributed by atoms with Crippen LogP contribution in [0.1, 0.15) is 23.7 Å². The van der Waals surface area contributed by atoms with E-state index in [2.05, 4.69) is 11.9 Å². The van der Waals surface area contributed by atoms with Gasteiger partial charge >= 0.3 is 0 Å². The van der Waals surface area contributed by atoms with Crippen molar-refractivity contribution >= 4 is 23.2 Å². The molecule has 1 aliphatic heterocycles. The van der Waals surface area contributed by atoms with Crippen molar-refractivity contribution in [1.82, 2.24) is 9.88 Å². The van der Waals surface area contributed by atoms with Crippen LogP contribution in [0.25, 0.3) is 0 Å². The Hall–Kier alpha value is -1.69. The zero-order valence-electron chi connectivity index (χ0n) is 9.80. The average Bonchev–Trinajstić information content (AvgIpc) is 2.75. The van der Waals surface area contributed by atoms with Crippen LogP contribution in [0.2, 0.25) is 5.15 Å². The topological polar surface area (TPSA) is 76.3 Å². The number of pyridine rings is 1. The molecule has 0 aromatic carbocycles. The molecule has 0 bridgehead atoms. The van der Waals surface area contributed by atoms with Gasteiger partial charge in [0.15, 0.2) is 0 Å². The number of amides is 1. The smallest absolute Gasteiger partial charge is 0.288 e. The lowest BCUT2D eigenvalue weighted by atomic mass is 10.2. The fourth-order valence-electron chi connectivity index (χ4n) is 1.98. The van der Waals surface area contributed by atoms with Crippen molar-refractivity contribution in [3.63, 3.8) is 0 Å². The Bertz CT molecular complexity index is 506. The highest BCUT2D eigenvalue weighted by atomic mass is 35.5. The molecule has 0 spiro atoms. The van der Waals surface area contributed by atoms with Crippen molar-refractivity contribution < 1.29 is 9.72 Å². The summed E-state index contributed by atoms with van der Waals surface area (Å²) in [5.41, 5.74) is -0.130. The minimum atomic E-state index is -0.591. The molecule has 1 fully saturated rings. The monoisotopic (exact) mass is 269 g/mol. The molecular formula is C11H12ClN3O3. The highest BCUT2D eigenvalue weighted by Gasteiger charge is 2.27. The van der Waals surface area contributed by atoms with Crippen LogP contribution in [0, 0.1) is 16.0 Å². The molecule has 1 saturated heterocycles. The van der Waals surface area contributed by atoms with Gasteiger partial charge in [-0.3, -0.25) is 14.9 Å². The molecule has 6 nitrogen and oxygen atoms in total. The highest BCUT2D eigenvalue weighted by molar-refractivity contribution is 6.32.